The van der Waals surface area contributed by atoms with E-state index < -0.39 is 17.2 Å². The zero-order valence-corrected chi connectivity index (χ0v) is 24.2. The number of rotatable bonds is 5. The molecule has 1 aliphatic carbocycles. The predicted molar refractivity (Wildman–Crippen MR) is 157 cm³/mol. The summed E-state index contributed by atoms with van der Waals surface area (Å²) in [5.41, 5.74) is 2.15. The van der Waals surface area contributed by atoms with Gasteiger partial charge in [-0.15, -0.1) is 0 Å². The summed E-state index contributed by atoms with van der Waals surface area (Å²) < 4.78 is 46.1. The van der Waals surface area contributed by atoms with E-state index in [0.29, 0.717) is 28.9 Å². The molecule has 0 spiro atoms. The standard InChI is InChI=1S/C33H29ClF2N4O3/c1-40-15-24-22-11-18(14-37)28(31(36)32(22)42-16-26(24)39-40)29-23-13-33(19-5-3-2-4-6-19,43-27(23)12-25(35)30(29)34)17-38-20-7-9-21(41)10-8-20/h2-6,11-12,15,20-21,38,41H,7-10,13,16-17H2,1H3/t20?,21?,33-/m1/s1. The quantitative estimate of drug-likeness (QED) is 0.284. The molecule has 1 atom stereocenters. The van der Waals surface area contributed by atoms with E-state index in [0.717, 1.165) is 31.2 Å². The summed E-state index contributed by atoms with van der Waals surface area (Å²) in [4.78, 5) is 0. The Labute approximate surface area is 252 Å². The van der Waals surface area contributed by atoms with Crippen LogP contribution in [0.3, 0.4) is 0 Å². The zero-order valence-electron chi connectivity index (χ0n) is 23.5. The number of fused-ring (bicyclic) bond motifs is 4. The third-order valence-electron chi connectivity index (χ3n) is 8.87. The first-order valence-electron chi connectivity index (χ1n) is 14.4. The molecule has 1 fully saturated rings. The maximum absolute atomic E-state index is 16.5. The van der Waals surface area contributed by atoms with Gasteiger partial charge in [-0.1, -0.05) is 41.9 Å². The van der Waals surface area contributed by atoms with Crippen molar-refractivity contribution in [2.24, 2.45) is 7.05 Å². The largest absolute Gasteiger partial charge is 0.483 e. The molecular weight excluding hydrogens is 574 g/mol. The molecule has 0 radical (unpaired) electrons. The van der Waals surface area contributed by atoms with E-state index >= 15 is 8.78 Å². The Bertz CT molecular complexity index is 1780. The maximum Gasteiger partial charge on any atom is 0.174 e. The molecular formula is C33H29ClF2N4O3. The minimum Gasteiger partial charge on any atom is -0.483 e. The smallest absolute Gasteiger partial charge is 0.174 e. The van der Waals surface area contributed by atoms with Crippen molar-refractivity contribution in [3.05, 3.63) is 87.7 Å². The number of ether oxygens (including phenoxy) is 2. The Hall–Kier alpha value is -3.97. The Morgan fingerprint density at radius 3 is 2.65 bits per heavy atom. The fraction of sp³-hybridized carbons (Fsp3) is 0.333. The summed E-state index contributed by atoms with van der Waals surface area (Å²) in [6, 6.07) is 14.7. The lowest BCUT2D eigenvalue weighted by Crippen LogP contribution is -2.46. The van der Waals surface area contributed by atoms with E-state index in [4.69, 9.17) is 21.1 Å². The third-order valence-corrected chi connectivity index (χ3v) is 9.24. The van der Waals surface area contributed by atoms with E-state index in [2.05, 4.69) is 16.5 Å². The van der Waals surface area contributed by atoms with Crippen LogP contribution in [0.15, 0.2) is 48.7 Å². The lowest BCUT2D eigenvalue weighted by molar-refractivity contribution is 0.0760. The van der Waals surface area contributed by atoms with E-state index in [1.807, 2.05) is 30.3 Å². The van der Waals surface area contributed by atoms with Crippen LogP contribution in [0.2, 0.25) is 5.02 Å². The van der Waals surface area contributed by atoms with Crippen LogP contribution >= 0.6 is 11.6 Å². The number of hydrogen-bond donors (Lipinski definition) is 2. The second kappa shape index (κ2) is 10.6. The number of halogens is 3. The van der Waals surface area contributed by atoms with Gasteiger partial charge in [0.05, 0.1) is 22.8 Å². The molecule has 2 N–H and O–H groups in total. The molecule has 4 aromatic rings. The maximum atomic E-state index is 16.5. The molecule has 0 amide bonds. The topological polar surface area (TPSA) is 92.3 Å². The molecule has 1 saturated carbocycles. The number of nitriles is 1. The van der Waals surface area contributed by atoms with Crippen LogP contribution in [-0.4, -0.2) is 33.6 Å². The Kier molecular flexibility index (Phi) is 6.88. The minimum atomic E-state index is -0.940. The number of aromatic nitrogens is 2. The van der Waals surface area contributed by atoms with Crippen molar-refractivity contribution >= 4 is 11.6 Å². The molecule has 0 bridgehead atoms. The first-order chi connectivity index (χ1) is 20.8. The molecule has 7 rings (SSSR count). The van der Waals surface area contributed by atoms with Crippen molar-refractivity contribution in [3.63, 3.8) is 0 Å². The van der Waals surface area contributed by atoms with Crippen molar-refractivity contribution < 1.29 is 23.4 Å². The molecule has 43 heavy (non-hydrogen) atoms. The fourth-order valence-electron chi connectivity index (χ4n) is 6.71. The number of aliphatic hydroxyl groups is 1. The van der Waals surface area contributed by atoms with Gasteiger partial charge in [-0.3, -0.25) is 4.68 Å². The third kappa shape index (κ3) is 4.65. The molecule has 0 saturated heterocycles. The van der Waals surface area contributed by atoms with Gasteiger partial charge < -0.3 is 19.9 Å². The first-order valence-corrected chi connectivity index (χ1v) is 14.8. The summed E-state index contributed by atoms with van der Waals surface area (Å²) >= 11 is 6.63. The number of hydrogen-bond acceptors (Lipinski definition) is 6. The van der Waals surface area contributed by atoms with E-state index in [1.54, 1.807) is 24.0 Å². The molecule has 220 valence electrons. The van der Waals surface area contributed by atoms with Crippen molar-refractivity contribution in [3.8, 4) is 39.8 Å². The number of nitrogens with one attached hydrogen (secondary N) is 1. The monoisotopic (exact) mass is 602 g/mol. The molecule has 1 aromatic heterocycles. The Morgan fingerprint density at radius 1 is 1.14 bits per heavy atom. The highest BCUT2D eigenvalue weighted by molar-refractivity contribution is 6.34. The van der Waals surface area contributed by atoms with Crippen LogP contribution in [0.25, 0.3) is 22.3 Å². The minimum absolute atomic E-state index is 0.00218. The Morgan fingerprint density at radius 2 is 1.91 bits per heavy atom. The second-order valence-corrected chi connectivity index (χ2v) is 12.0. The van der Waals surface area contributed by atoms with Crippen molar-refractivity contribution in [1.82, 2.24) is 15.1 Å². The molecule has 3 aromatic carbocycles. The molecule has 3 aliphatic rings. The van der Waals surface area contributed by atoms with Gasteiger partial charge in [0, 0.05) is 66.1 Å². The Balaban J connectivity index is 1.35. The fourth-order valence-corrected chi connectivity index (χ4v) is 6.97. The van der Waals surface area contributed by atoms with Crippen LogP contribution < -0.4 is 14.8 Å². The summed E-state index contributed by atoms with van der Waals surface area (Å²) in [6.07, 6.45) is 4.84. The molecule has 2 aliphatic heterocycles. The van der Waals surface area contributed by atoms with Crippen molar-refractivity contribution in [2.45, 2.75) is 56.5 Å². The van der Waals surface area contributed by atoms with Gasteiger partial charge in [0.25, 0.3) is 0 Å². The molecule has 10 heteroatoms. The van der Waals surface area contributed by atoms with Gasteiger partial charge in [0.15, 0.2) is 17.2 Å². The van der Waals surface area contributed by atoms with Crippen molar-refractivity contribution in [2.75, 3.05) is 6.54 Å². The van der Waals surface area contributed by atoms with Crippen LogP contribution in [0.4, 0.5) is 8.78 Å². The normalized spacial score (nSPS) is 22.1. The molecule has 7 nitrogen and oxygen atoms in total. The zero-order chi connectivity index (χ0) is 29.9. The van der Waals surface area contributed by atoms with Crippen LogP contribution in [0.1, 0.15) is 48.1 Å². The van der Waals surface area contributed by atoms with Crippen LogP contribution in [0.5, 0.6) is 11.5 Å². The first kappa shape index (κ1) is 27.8. The lowest BCUT2D eigenvalue weighted by atomic mass is 9.84. The number of benzene rings is 3. The number of nitrogens with zero attached hydrogens (tertiary/aromatic N) is 3. The average Bonchev–Trinajstić information content (AvgIpc) is 3.58. The molecule has 3 heterocycles. The van der Waals surface area contributed by atoms with Crippen LogP contribution in [0, 0.1) is 23.0 Å². The second-order valence-electron chi connectivity index (χ2n) is 11.6. The highest BCUT2D eigenvalue weighted by atomic mass is 35.5. The van der Waals surface area contributed by atoms with Gasteiger partial charge in [0.1, 0.15) is 23.9 Å². The summed E-state index contributed by atoms with van der Waals surface area (Å²) in [7, 11) is 1.76. The highest BCUT2D eigenvalue weighted by Gasteiger charge is 2.44. The van der Waals surface area contributed by atoms with Gasteiger partial charge in [0.2, 0.25) is 0 Å². The SMILES string of the molecule is Cn1cc2c(n1)COc1c-2cc(C#N)c(-c2c(Cl)c(F)cc3c2C[C@@](CNC2CCC(O)CC2)(c2ccccc2)O3)c1F. The van der Waals surface area contributed by atoms with Gasteiger partial charge in [-0.05, 0) is 37.3 Å². The van der Waals surface area contributed by atoms with Gasteiger partial charge >= 0.3 is 0 Å². The van der Waals surface area contributed by atoms with E-state index in [9.17, 15) is 10.4 Å². The van der Waals surface area contributed by atoms with Crippen LogP contribution in [-0.2, 0) is 25.7 Å². The summed E-state index contributed by atoms with van der Waals surface area (Å²) in [6.45, 7) is 0.459. The number of aryl methyl sites for hydroxylation is 1. The van der Waals surface area contributed by atoms with Crippen molar-refractivity contribution in [1.29, 1.82) is 5.26 Å². The summed E-state index contributed by atoms with van der Waals surface area (Å²) in [5.74, 6) is -1.34. The van der Waals surface area contributed by atoms with Gasteiger partial charge in [-0.25, -0.2) is 8.78 Å². The number of aliphatic hydroxyl groups excluding tert-OH is 1. The lowest BCUT2D eigenvalue weighted by Gasteiger charge is -2.34. The summed E-state index contributed by atoms with van der Waals surface area (Å²) in [5, 5.41) is 27.9. The van der Waals surface area contributed by atoms with Gasteiger partial charge in [-0.2, -0.15) is 10.4 Å². The van der Waals surface area contributed by atoms with E-state index in [-0.39, 0.29) is 58.4 Å². The molecule has 0 unspecified atom stereocenters. The predicted octanol–water partition coefficient (Wildman–Crippen LogP) is 6.17. The average molecular weight is 603 g/mol. The van der Waals surface area contributed by atoms with E-state index in [1.165, 1.54) is 6.07 Å². The highest BCUT2D eigenvalue weighted by Crippen LogP contribution is 2.52.